The van der Waals surface area contributed by atoms with E-state index in [4.69, 9.17) is 33.6 Å². The molecule has 2 aliphatic rings. The van der Waals surface area contributed by atoms with Gasteiger partial charge < -0.3 is 64.5 Å². The number of rotatable bonds is 32. The molecule has 16 nitrogen and oxygen atoms in total. The van der Waals surface area contributed by atoms with E-state index in [1.165, 1.54) is 0 Å². The molecule has 2 rings (SSSR count). The topological polar surface area (TPSA) is 259 Å². The number of cyclic esters (lactones) is 2. The van der Waals surface area contributed by atoms with Gasteiger partial charge in [-0.3, -0.25) is 4.79 Å². The van der Waals surface area contributed by atoms with Crippen molar-refractivity contribution in [3.05, 3.63) is 71.2 Å². The lowest BCUT2D eigenvalue weighted by Crippen LogP contribution is -2.59. The summed E-state index contributed by atoms with van der Waals surface area (Å²) in [5.74, 6) is -3.63. The number of carbonyl (C=O) groups is 3. The van der Waals surface area contributed by atoms with Gasteiger partial charge in [-0.15, -0.1) is 0 Å². The lowest BCUT2D eigenvalue weighted by Gasteiger charge is -2.44. The van der Waals surface area contributed by atoms with E-state index in [0.717, 1.165) is 5.57 Å². The van der Waals surface area contributed by atoms with E-state index in [1.54, 1.807) is 33.7 Å². The first kappa shape index (κ1) is 70.8. The Labute approximate surface area is 460 Å². The molecule has 0 amide bonds. The highest BCUT2D eigenvalue weighted by Crippen LogP contribution is 2.39. The van der Waals surface area contributed by atoms with Crippen LogP contribution in [0.25, 0.3) is 0 Å². The van der Waals surface area contributed by atoms with Crippen molar-refractivity contribution in [2.45, 2.75) is 207 Å². The van der Waals surface area contributed by atoms with Crippen LogP contribution in [-0.4, -0.2) is 153 Å². The Morgan fingerprint density at radius 3 is 1.95 bits per heavy atom. The maximum atomic E-state index is 13.1. The average Bonchev–Trinajstić information content (AvgIpc) is 3.37. The van der Waals surface area contributed by atoms with Crippen LogP contribution in [0.2, 0.25) is 0 Å². The molecule has 0 saturated carbocycles. The van der Waals surface area contributed by atoms with Crippen molar-refractivity contribution in [1.29, 1.82) is 0 Å². The van der Waals surface area contributed by atoms with E-state index in [0.29, 0.717) is 56.9 Å². The number of carboxylic acid groups (broad SMARTS) is 1. The number of methoxy groups -OCH3 is 3. The highest BCUT2D eigenvalue weighted by molar-refractivity contribution is 7.83. The van der Waals surface area contributed by atoms with Crippen molar-refractivity contribution in [3.63, 3.8) is 0 Å². The number of aliphatic hydroxyl groups excluding tert-OH is 6. The minimum Gasteiger partial charge on any atom is -0.483 e. The van der Waals surface area contributed by atoms with Crippen molar-refractivity contribution >= 4 is 31.0 Å². The van der Waals surface area contributed by atoms with Gasteiger partial charge in [0.2, 0.25) is 0 Å². The number of hydrogen-bond donors (Lipinski definition) is 9. The van der Waals surface area contributed by atoms with Gasteiger partial charge in [0.15, 0.2) is 12.2 Å². The molecule has 2 aliphatic heterocycles. The van der Waals surface area contributed by atoms with Crippen molar-refractivity contribution in [2.24, 2.45) is 53.3 Å². The maximum Gasteiger partial charge on any atom is 0.338 e. The van der Waals surface area contributed by atoms with Crippen LogP contribution in [0.4, 0.5) is 0 Å². The number of hydrogen-bond acceptors (Lipinski definition) is 16. The summed E-state index contributed by atoms with van der Waals surface area (Å²) in [5, 5.41) is 86.0. The largest absolute Gasteiger partial charge is 0.483 e. The highest BCUT2D eigenvalue weighted by atomic mass is 32.1. The Morgan fingerprint density at radius 2 is 1.37 bits per heavy atom. The molecule has 0 aromatic rings. The molecule has 2 heterocycles. The monoisotopic (exact) mass is 1100 g/mol. The van der Waals surface area contributed by atoms with Gasteiger partial charge in [0.05, 0.1) is 42.7 Å². The summed E-state index contributed by atoms with van der Waals surface area (Å²) in [5.41, 5.74) is -0.333. The second-order valence-electron chi connectivity index (χ2n) is 22.1. The van der Waals surface area contributed by atoms with Gasteiger partial charge in [0.1, 0.15) is 17.8 Å². The molecular formula is C59H100O16S. The Kier molecular flexibility index (Phi) is 33.7. The van der Waals surface area contributed by atoms with Crippen LogP contribution in [0.5, 0.6) is 0 Å². The molecule has 76 heavy (non-hydrogen) atoms. The standard InChI is InChI=1S/C58H98O14S.CH2O2/c1-34(29-40(7)51(61)43(10)52(62)44(11)54(70-14)38(5)20-17-15-16-18-27-73)28-39(6)50-33-58(67,55(64)57(66)72-50)41(8)24-26-45(68-12)30-46(69-13)31-48(60)36(3)21-19-22-37(4)49-32-47(53(63)56(65)71-49)35(2)23-25-42(9)59;2-1-3/h15-20,22,27-29,35-39,41-55,59-64,67,73H,21,23-26,30-33H2,1-14H3;1H,(H,2,3)/b16-15+,20-17+,22-19+,27-18+,34-28+,40-29+;. The molecule has 0 aliphatic carbocycles. The van der Waals surface area contributed by atoms with Crippen LogP contribution in [0.3, 0.4) is 0 Å². The number of allylic oxidation sites excluding steroid dienone is 7. The predicted molar refractivity (Wildman–Crippen MR) is 299 cm³/mol. The zero-order valence-corrected chi connectivity index (χ0v) is 48.9. The molecule has 0 radical (unpaired) electrons. The first-order valence-electron chi connectivity index (χ1n) is 27.2. The maximum absolute atomic E-state index is 13.1. The first-order chi connectivity index (χ1) is 35.7. The van der Waals surface area contributed by atoms with Crippen molar-refractivity contribution in [1.82, 2.24) is 0 Å². The molecule has 2 fully saturated rings. The summed E-state index contributed by atoms with van der Waals surface area (Å²) in [6.07, 6.45) is 13.5. The molecule has 17 heteroatoms. The molecule has 2 saturated heterocycles. The van der Waals surface area contributed by atoms with E-state index in [-0.39, 0.29) is 78.7 Å². The van der Waals surface area contributed by atoms with E-state index >= 15 is 0 Å². The third-order valence-electron chi connectivity index (χ3n) is 16.1. The quantitative estimate of drug-likeness (QED) is 0.0103. The van der Waals surface area contributed by atoms with Crippen LogP contribution < -0.4 is 0 Å². The zero-order chi connectivity index (χ0) is 58.0. The lowest BCUT2D eigenvalue weighted by atomic mass is 9.73. The summed E-state index contributed by atoms with van der Waals surface area (Å²) in [6.45, 7) is 20.6. The molecule has 438 valence electrons. The van der Waals surface area contributed by atoms with Crippen LogP contribution in [-0.2, 0) is 38.1 Å². The highest BCUT2D eigenvalue weighted by Gasteiger charge is 2.52. The molecule has 8 N–H and O–H groups in total. The van der Waals surface area contributed by atoms with Crippen LogP contribution >= 0.6 is 12.6 Å². The van der Waals surface area contributed by atoms with E-state index < -0.39 is 72.1 Å². The Balaban J connectivity index is 0.00000938. The Bertz CT molecular complexity index is 1870. The first-order valence-corrected chi connectivity index (χ1v) is 27.8. The van der Waals surface area contributed by atoms with Crippen molar-refractivity contribution in [3.8, 4) is 0 Å². The fourth-order valence-corrected chi connectivity index (χ4v) is 10.8. The molecule has 21 atom stereocenters. The number of aliphatic hydroxyl groups is 7. The van der Waals surface area contributed by atoms with Crippen LogP contribution in [0, 0.1) is 53.3 Å². The molecule has 0 aromatic carbocycles. The summed E-state index contributed by atoms with van der Waals surface area (Å²) in [7, 11) is 4.82. The number of esters is 2. The smallest absolute Gasteiger partial charge is 0.338 e. The SMILES string of the molecule is COC(CCC(C)C1(O)CC(C(C)/C=C(C)/C=C(\C)C(O)C(C)C(O)C(C)C(OC)C(C)/C=C/C=C/C=C/S)OC(=O)C1O)CC(CC(O)C(C)C/C=C/C(C)C1CC(C(C)CCC(C)O)C(O)C(=O)O1)OC.O=CO. The molecule has 0 aromatic heterocycles. The minimum atomic E-state index is -1.78. The van der Waals surface area contributed by atoms with Gasteiger partial charge in [-0.1, -0.05) is 116 Å². The Hall–Kier alpha value is -3.20. The minimum absolute atomic E-state index is 0.00481. The van der Waals surface area contributed by atoms with Crippen LogP contribution in [0.1, 0.15) is 134 Å². The van der Waals surface area contributed by atoms with E-state index in [9.17, 15) is 45.3 Å². The number of carbonyl (C=O) groups excluding carboxylic acids is 2. The normalized spacial score (nSPS) is 28.0. The zero-order valence-electron chi connectivity index (χ0n) is 48.1. The second kappa shape index (κ2) is 36.1. The molecule has 0 spiro atoms. The fourth-order valence-electron chi connectivity index (χ4n) is 10.7. The van der Waals surface area contributed by atoms with Gasteiger partial charge in [0.25, 0.3) is 6.47 Å². The molecule has 21 unspecified atom stereocenters. The van der Waals surface area contributed by atoms with Crippen molar-refractivity contribution < 1.29 is 78.9 Å². The third-order valence-corrected chi connectivity index (χ3v) is 16.3. The van der Waals surface area contributed by atoms with Crippen molar-refractivity contribution in [2.75, 3.05) is 21.3 Å². The summed E-state index contributed by atoms with van der Waals surface area (Å²) in [6, 6.07) is 0. The third kappa shape index (κ3) is 22.9. The second-order valence-corrected chi connectivity index (χ2v) is 22.4. The average molecular weight is 1100 g/mol. The number of ether oxygens (including phenoxy) is 5. The summed E-state index contributed by atoms with van der Waals surface area (Å²) < 4.78 is 28.8. The van der Waals surface area contributed by atoms with Gasteiger partial charge in [-0.05, 0) is 101 Å². The lowest BCUT2D eigenvalue weighted by molar-refractivity contribution is -0.212. The number of thiol groups is 1. The molecule has 0 bridgehead atoms. The van der Waals surface area contributed by atoms with Gasteiger partial charge in [-0.25, -0.2) is 9.59 Å². The Morgan fingerprint density at radius 1 is 0.763 bits per heavy atom. The van der Waals surface area contributed by atoms with E-state index in [1.807, 2.05) is 124 Å². The predicted octanol–water partition coefficient (Wildman–Crippen LogP) is 7.72. The van der Waals surface area contributed by atoms with Gasteiger partial charge in [-0.2, -0.15) is 12.6 Å². The van der Waals surface area contributed by atoms with Crippen LogP contribution in [0.15, 0.2) is 71.2 Å². The summed E-state index contributed by atoms with van der Waals surface area (Å²) >= 11 is 4.05. The fraction of sp³-hybridized carbons (Fsp3) is 0.746. The molecular weight excluding hydrogens is 997 g/mol. The van der Waals surface area contributed by atoms with Gasteiger partial charge in [0, 0.05) is 63.3 Å². The summed E-state index contributed by atoms with van der Waals surface area (Å²) in [4.78, 5) is 34.1. The van der Waals surface area contributed by atoms with Gasteiger partial charge >= 0.3 is 11.9 Å². The van der Waals surface area contributed by atoms with E-state index in [2.05, 4.69) is 12.6 Å².